The first kappa shape index (κ1) is 14.6. The third kappa shape index (κ3) is 3.40. The molecule has 0 saturated heterocycles. The zero-order chi connectivity index (χ0) is 14.5. The van der Waals surface area contributed by atoms with Gasteiger partial charge in [-0.2, -0.15) is 0 Å². The van der Waals surface area contributed by atoms with Gasteiger partial charge in [-0.25, -0.2) is 0 Å². The highest BCUT2D eigenvalue weighted by molar-refractivity contribution is 5.34. The van der Waals surface area contributed by atoms with E-state index >= 15 is 0 Å². The van der Waals surface area contributed by atoms with Gasteiger partial charge >= 0.3 is 0 Å². The van der Waals surface area contributed by atoms with Crippen molar-refractivity contribution in [2.24, 2.45) is 0 Å². The van der Waals surface area contributed by atoms with Gasteiger partial charge in [-0.3, -0.25) is 4.90 Å². The average molecular weight is 274 g/mol. The van der Waals surface area contributed by atoms with E-state index in [0.29, 0.717) is 5.75 Å². The molecule has 1 aromatic heterocycles. The topological polar surface area (TPSA) is 48.6 Å². The number of likely N-dealkylation sites (N-methyl/N-ethyl adjacent to an activating group) is 1. The molecule has 2 unspecified atom stereocenters. The maximum absolute atomic E-state index is 9.87. The van der Waals surface area contributed by atoms with Crippen LogP contribution in [0.2, 0.25) is 0 Å². The van der Waals surface area contributed by atoms with Crippen molar-refractivity contribution < 1.29 is 9.52 Å². The van der Waals surface area contributed by atoms with Gasteiger partial charge in [0.05, 0.1) is 12.3 Å². The van der Waals surface area contributed by atoms with Gasteiger partial charge in [0.15, 0.2) is 0 Å². The number of nitrogens with zero attached hydrogens (tertiary/aromatic N) is 1. The van der Waals surface area contributed by atoms with E-state index in [1.165, 1.54) is 0 Å². The molecular formula is C16H22N2O2. The van der Waals surface area contributed by atoms with Gasteiger partial charge in [0.1, 0.15) is 11.5 Å². The quantitative estimate of drug-likeness (QED) is 0.850. The predicted molar refractivity (Wildman–Crippen MR) is 79.7 cm³/mol. The highest BCUT2D eigenvalue weighted by atomic mass is 16.3. The second-order valence-electron chi connectivity index (χ2n) is 5.18. The Balaban J connectivity index is 2.01. The maximum atomic E-state index is 9.87. The number of furan rings is 1. The number of aromatic hydroxyl groups is 1. The second kappa shape index (κ2) is 6.59. The van der Waals surface area contributed by atoms with Crippen LogP contribution in [-0.2, 0) is 0 Å². The van der Waals surface area contributed by atoms with Crippen molar-refractivity contribution in [2.45, 2.75) is 19.0 Å². The van der Waals surface area contributed by atoms with Crippen molar-refractivity contribution in [3.63, 3.8) is 0 Å². The van der Waals surface area contributed by atoms with E-state index in [1.807, 2.05) is 51.4 Å². The molecule has 0 aliphatic carbocycles. The Kier molecular flexibility index (Phi) is 4.82. The fraction of sp³-hybridized carbons (Fsp3) is 0.375. The zero-order valence-electron chi connectivity index (χ0n) is 12.2. The molecular weight excluding hydrogens is 252 g/mol. The molecule has 2 aromatic rings. The summed E-state index contributed by atoms with van der Waals surface area (Å²) in [6, 6.07) is 11.5. The summed E-state index contributed by atoms with van der Waals surface area (Å²) in [6.07, 6.45) is 1.69. The summed E-state index contributed by atoms with van der Waals surface area (Å²) < 4.78 is 5.49. The number of rotatable bonds is 6. The number of phenols is 1. The highest BCUT2D eigenvalue weighted by Crippen LogP contribution is 2.24. The molecule has 2 atom stereocenters. The Morgan fingerprint density at radius 1 is 1.20 bits per heavy atom. The van der Waals surface area contributed by atoms with Crippen LogP contribution < -0.4 is 5.32 Å². The average Bonchev–Trinajstić information content (AvgIpc) is 2.92. The first-order chi connectivity index (χ1) is 9.59. The number of hydrogen-bond donors (Lipinski definition) is 2. The van der Waals surface area contributed by atoms with Crippen LogP contribution in [0.1, 0.15) is 30.3 Å². The molecule has 4 nitrogen and oxygen atoms in total. The van der Waals surface area contributed by atoms with Crippen LogP contribution in [-0.4, -0.2) is 30.6 Å². The summed E-state index contributed by atoms with van der Waals surface area (Å²) in [5.74, 6) is 1.26. The van der Waals surface area contributed by atoms with Crippen LogP contribution in [0.5, 0.6) is 5.75 Å². The minimum Gasteiger partial charge on any atom is -0.508 e. The van der Waals surface area contributed by atoms with Crippen molar-refractivity contribution in [3.8, 4) is 5.75 Å². The molecule has 2 rings (SSSR count). The lowest BCUT2D eigenvalue weighted by atomic mass is 10.1. The summed E-state index contributed by atoms with van der Waals surface area (Å²) in [7, 11) is 4.05. The molecule has 0 amide bonds. The van der Waals surface area contributed by atoms with Crippen molar-refractivity contribution in [2.75, 3.05) is 20.6 Å². The van der Waals surface area contributed by atoms with Crippen molar-refractivity contribution >= 4 is 0 Å². The monoisotopic (exact) mass is 274 g/mol. The number of hydrogen-bond acceptors (Lipinski definition) is 4. The van der Waals surface area contributed by atoms with E-state index in [-0.39, 0.29) is 12.1 Å². The summed E-state index contributed by atoms with van der Waals surface area (Å²) in [6.45, 7) is 2.79. The molecule has 0 spiro atoms. The molecule has 20 heavy (non-hydrogen) atoms. The lowest BCUT2D eigenvalue weighted by Crippen LogP contribution is -2.32. The Bertz CT molecular complexity index is 523. The van der Waals surface area contributed by atoms with Crippen molar-refractivity contribution in [1.82, 2.24) is 10.2 Å². The first-order valence-corrected chi connectivity index (χ1v) is 6.80. The fourth-order valence-corrected chi connectivity index (χ4v) is 2.27. The molecule has 4 heteroatoms. The van der Waals surface area contributed by atoms with Crippen molar-refractivity contribution in [3.05, 3.63) is 54.0 Å². The van der Waals surface area contributed by atoms with Crippen LogP contribution >= 0.6 is 0 Å². The minimum absolute atomic E-state index is 0.0774. The van der Waals surface area contributed by atoms with Crippen LogP contribution in [0, 0.1) is 0 Å². The largest absolute Gasteiger partial charge is 0.508 e. The smallest absolute Gasteiger partial charge is 0.122 e. The van der Waals surface area contributed by atoms with Crippen LogP contribution in [0.15, 0.2) is 47.1 Å². The van der Waals surface area contributed by atoms with E-state index in [0.717, 1.165) is 17.9 Å². The molecule has 1 heterocycles. The molecule has 0 fully saturated rings. The minimum atomic E-state index is 0.0774. The maximum Gasteiger partial charge on any atom is 0.122 e. The third-order valence-corrected chi connectivity index (χ3v) is 3.52. The highest BCUT2D eigenvalue weighted by Gasteiger charge is 2.18. The summed E-state index contributed by atoms with van der Waals surface area (Å²) in [4.78, 5) is 2.11. The second-order valence-corrected chi connectivity index (χ2v) is 5.18. The molecule has 108 valence electrons. The number of benzene rings is 1. The van der Waals surface area contributed by atoms with Crippen LogP contribution in [0.25, 0.3) is 0 Å². The zero-order valence-corrected chi connectivity index (χ0v) is 12.2. The Morgan fingerprint density at radius 3 is 2.55 bits per heavy atom. The first-order valence-electron chi connectivity index (χ1n) is 6.80. The SMILES string of the molecule is CC(NCC(c1ccco1)N(C)C)c1ccccc1O. The fourth-order valence-electron chi connectivity index (χ4n) is 2.27. The summed E-state index contributed by atoms with van der Waals surface area (Å²) >= 11 is 0. The third-order valence-electron chi connectivity index (χ3n) is 3.52. The normalized spacial score (nSPS) is 14.4. The van der Waals surface area contributed by atoms with Gasteiger partial charge in [0.2, 0.25) is 0 Å². The lowest BCUT2D eigenvalue weighted by molar-refractivity contribution is 0.245. The summed E-state index contributed by atoms with van der Waals surface area (Å²) in [5.41, 5.74) is 0.907. The Hall–Kier alpha value is -1.78. The van der Waals surface area contributed by atoms with Crippen LogP contribution in [0.3, 0.4) is 0 Å². The van der Waals surface area contributed by atoms with Gasteiger partial charge in [-0.05, 0) is 39.2 Å². The Morgan fingerprint density at radius 2 is 1.95 bits per heavy atom. The van der Waals surface area contributed by atoms with Gasteiger partial charge < -0.3 is 14.8 Å². The standard InChI is InChI=1S/C16H22N2O2/c1-12(13-7-4-5-8-15(13)19)17-11-14(18(2)3)16-9-6-10-20-16/h4-10,12,14,17,19H,11H2,1-3H3. The van der Waals surface area contributed by atoms with Crippen LogP contribution in [0.4, 0.5) is 0 Å². The van der Waals surface area contributed by atoms with Gasteiger partial charge in [0, 0.05) is 18.2 Å². The molecule has 0 bridgehead atoms. The van der Waals surface area contributed by atoms with Gasteiger partial charge in [-0.1, -0.05) is 18.2 Å². The molecule has 0 aliphatic rings. The molecule has 0 radical (unpaired) electrons. The number of nitrogens with one attached hydrogen (secondary N) is 1. The number of phenolic OH excluding ortho intramolecular Hbond substituents is 1. The van der Waals surface area contributed by atoms with Crippen molar-refractivity contribution in [1.29, 1.82) is 0 Å². The van der Waals surface area contributed by atoms with E-state index in [4.69, 9.17) is 4.42 Å². The van der Waals surface area contributed by atoms with E-state index in [9.17, 15) is 5.11 Å². The van der Waals surface area contributed by atoms with E-state index in [1.54, 1.807) is 12.3 Å². The molecule has 1 aromatic carbocycles. The Labute approximate surface area is 120 Å². The summed E-state index contributed by atoms with van der Waals surface area (Å²) in [5, 5.41) is 13.3. The molecule has 2 N–H and O–H groups in total. The predicted octanol–water partition coefficient (Wildman–Crippen LogP) is 2.94. The van der Waals surface area contributed by atoms with E-state index < -0.39 is 0 Å². The van der Waals surface area contributed by atoms with Gasteiger partial charge in [0.25, 0.3) is 0 Å². The van der Waals surface area contributed by atoms with Gasteiger partial charge in [-0.15, -0.1) is 0 Å². The molecule has 0 saturated carbocycles. The molecule has 0 aliphatic heterocycles. The number of para-hydroxylation sites is 1. The van der Waals surface area contributed by atoms with E-state index in [2.05, 4.69) is 10.2 Å². The lowest BCUT2D eigenvalue weighted by Gasteiger charge is -2.25.